The Kier molecular flexibility index (Phi) is 7.95. The van der Waals surface area contributed by atoms with E-state index in [0.717, 1.165) is 27.5 Å². The van der Waals surface area contributed by atoms with Crippen LogP contribution in [0.15, 0.2) is 82.6 Å². The number of carbonyl (C=O) groups is 4. The second kappa shape index (κ2) is 12.3. The first-order chi connectivity index (χ1) is 23.7. The maximum Gasteiger partial charge on any atom is 0.338 e. The second-order valence-corrected chi connectivity index (χ2v) is 15.2. The molecule has 2 saturated carbocycles. The third-order valence-corrected chi connectivity index (χ3v) is 12.8. The van der Waals surface area contributed by atoms with Gasteiger partial charge in [0.1, 0.15) is 5.75 Å². The largest absolute Gasteiger partial charge is 0.484 e. The SMILES string of the molecule is CCOC(=O)c1ccc(N2C(=O)C3C(C2=O)[C@@H]2C[C@H]3C3Sc4[nH]c(=O)sc4[C@H](c4cccc(OCC(=O)Nc5cccc(C)c5)c4)C32)cc1. The summed E-state index contributed by atoms with van der Waals surface area (Å²) in [5.74, 6) is -1.79. The highest BCUT2D eigenvalue weighted by Gasteiger charge is 2.69. The molecule has 12 heteroatoms. The summed E-state index contributed by atoms with van der Waals surface area (Å²) in [5.41, 5.74) is 3.48. The smallest absolute Gasteiger partial charge is 0.338 e. The van der Waals surface area contributed by atoms with Gasteiger partial charge in [-0.3, -0.25) is 24.1 Å². The maximum atomic E-state index is 14.1. The molecular weight excluding hydrogens is 663 g/mol. The van der Waals surface area contributed by atoms with Gasteiger partial charge in [-0.25, -0.2) is 4.79 Å². The van der Waals surface area contributed by atoms with E-state index in [1.165, 1.54) is 16.2 Å². The van der Waals surface area contributed by atoms with Crippen molar-refractivity contribution in [3.8, 4) is 5.75 Å². The van der Waals surface area contributed by atoms with E-state index in [4.69, 9.17) is 9.47 Å². The lowest BCUT2D eigenvalue weighted by Crippen LogP contribution is -2.42. The second-order valence-electron chi connectivity index (χ2n) is 13.0. The van der Waals surface area contributed by atoms with Crippen LogP contribution in [0.5, 0.6) is 5.75 Å². The van der Waals surface area contributed by atoms with Crippen molar-refractivity contribution in [1.82, 2.24) is 4.98 Å². The van der Waals surface area contributed by atoms with Crippen LogP contribution >= 0.6 is 23.1 Å². The van der Waals surface area contributed by atoms with E-state index in [1.54, 1.807) is 49.0 Å². The van der Waals surface area contributed by atoms with E-state index in [2.05, 4.69) is 10.3 Å². The summed E-state index contributed by atoms with van der Waals surface area (Å²) in [6.45, 7) is 3.77. The van der Waals surface area contributed by atoms with Crippen LogP contribution in [0.1, 0.15) is 45.6 Å². The minimum Gasteiger partial charge on any atom is -0.484 e. The van der Waals surface area contributed by atoms with Crippen LogP contribution in [0, 0.1) is 36.5 Å². The Labute approximate surface area is 290 Å². The lowest BCUT2D eigenvalue weighted by atomic mass is 9.68. The van der Waals surface area contributed by atoms with Crippen LogP contribution in [0.3, 0.4) is 0 Å². The highest BCUT2D eigenvalue weighted by Crippen LogP contribution is 2.68. The number of aryl methyl sites for hydroxylation is 1. The molecule has 2 aliphatic carbocycles. The number of rotatable bonds is 8. The number of amides is 3. The van der Waals surface area contributed by atoms with Crippen LogP contribution in [0.25, 0.3) is 0 Å². The van der Waals surface area contributed by atoms with Crippen LogP contribution < -0.4 is 19.8 Å². The number of H-pyrrole nitrogens is 1. The molecule has 0 radical (unpaired) electrons. The monoisotopic (exact) mass is 695 g/mol. The average Bonchev–Trinajstić information content (AvgIpc) is 3.83. The summed E-state index contributed by atoms with van der Waals surface area (Å²) in [7, 11) is 0. The van der Waals surface area contributed by atoms with Crippen molar-refractivity contribution >= 4 is 58.2 Å². The van der Waals surface area contributed by atoms with Crippen LogP contribution in [-0.2, 0) is 19.1 Å². The summed E-state index contributed by atoms with van der Waals surface area (Å²) in [4.78, 5) is 70.8. The molecule has 8 rings (SSSR count). The summed E-state index contributed by atoms with van der Waals surface area (Å²) < 4.78 is 11.0. The fourth-order valence-corrected chi connectivity index (χ4v) is 11.4. The van der Waals surface area contributed by atoms with Gasteiger partial charge < -0.3 is 19.8 Å². The van der Waals surface area contributed by atoms with Gasteiger partial charge in [-0.1, -0.05) is 35.6 Å². The zero-order chi connectivity index (χ0) is 34.0. The van der Waals surface area contributed by atoms with Crippen LogP contribution in [-0.4, -0.2) is 47.1 Å². The third-order valence-electron chi connectivity index (χ3n) is 10.2. The van der Waals surface area contributed by atoms with Crippen molar-refractivity contribution in [2.45, 2.75) is 36.5 Å². The number of anilines is 2. The van der Waals surface area contributed by atoms with Crippen LogP contribution in [0.4, 0.5) is 11.4 Å². The molecule has 3 fully saturated rings. The summed E-state index contributed by atoms with van der Waals surface area (Å²) >= 11 is 2.82. The number of benzene rings is 3. The third kappa shape index (κ3) is 5.37. The minimum absolute atomic E-state index is 0.0120. The summed E-state index contributed by atoms with van der Waals surface area (Å²) in [6, 6.07) is 21.6. The molecule has 0 spiro atoms. The number of aromatic nitrogens is 1. The number of esters is 1. The Morgan fingerprint density at radius 1 is 0.959 bits per heavy atom. The molecule has 49 heavy (non-hydrogen) atoms. The molecule has 7 atom stereocenters. The molecule has 2 aliphatic heterocycles. The van der Waals surface area contributed by atoms with E-state index in [9.17, 15) is 24.0 Å². The van der Waals surface area contributed by atoms with Gasteiger partial charge in [-0.05, 0) is 97.7 Å². The van der Waals surface area contributed by atoms with Crippen LogP contribution in [0.2, 0.25) is 0 Å². The molecule has 4 aromatic rings. The van der Waals surface area contributed by atoms with Crippen molar-refractivity contribution in [2.24, 2.45) is 29.6 Å². The predicted octanol–water partition coefficient (Wildman–Crippen LogP) is 5.62. The average molecular weight is 696 g/mol. The lowest BCUT2D eigenvalue weighted by Gasteiger charge is -2.43. The van der Waals surface area contributed by atoms with Gasteiger partial charge in [0.15, 0.2) is 6.61 Å². The number of aromatic amines is 1. The van der Waals surface area contributed by atoms with Gasteiger partial charge in [0.25, 0.3) is 5.91 Å². The fourth-order valence-electron chi connectivity index (χ4n) is 8.47. The Morgan fingerprint density at radius 3 is 2.47 bits per heavy atom. The van der Waals surface area contributed by atoms with E-state index in [-0.39, 0.29) is 64.7 Å². The summed E-state index contributed by atoms with van der Waals surface area (Å²) in [6.07, 6.45) is 0.760. The highest BCUT2D eigenvalue weighted by molar-refractivity contribution is 8.00. The first-order valence-corrected chi connectivity index (χ1v) is 18.1. The predicted molar refractivity (Wildman–Crippen MR) is 185 cm³/mol. The molecule has 3 amide bonds. The number of fused-ring (bicyclic) bond motifs is 9. The molecule has 2 N–H and O–H groups in total. The van der Waals surface area contributed by atoms with E-state index >= 15 is 0 Å². The van der Waals surface area contributed by atoms with Gasteiger partial charge in [-0.15, -0.1) is 11.8 Å². The number of thioether (sulfide) groups is 1. The topological polar surface area (TPSA) is 135 Å². The Morgan fingerprint density at radius 2 is 1.71 bits per heavy atom. The molecule has 1 aromatic heterocycles. The number of nitrogens with one attached hydrogen (secondary N) is 2. The first-order valence-electron chi connectivity index (χ1n) is 16.4. The van der Waals surface area contributed by atoms with Gasteiger partial charge >= 0.3 is 10.8 Å². The highest BCUT2D eigenvalue weighted by atomic mass is 32.2. The zero-order valence-corrected chi connectivity index (χ0v) is 28.3. The molecule has 10 nitrogen and oxygen atoms in total. The Balaban J connectivity index is 1.06. The normalized spacial score (nSPS) is 26.2. The number of hydrogen-bond acceptors (Lipinski definition) is 9. The maximum absolute atomic E-state index is 14.1. The zero-order valence-electron chi connectivity index (χ0n) is 26.7. The number of thiazole rings is 1. The molecule has 250 valence electrons. The van der Waals surface area contributed by atoms with Crippen molar-refractivity contribution in [3.05, 3.63) is 104 Å². The van der Waals surface area contributed by atoms with E-state index < -0.39 is 17.8 Å². The number of nitrogens with zero attached hydrogens (tertiary/aromatic N) is 1. The molecular formula is C37H33N3O7S2. The van der Waals surface area contributed by atoms with Gasteiger partial charge in [0.05, 0.1) is 34.7 Å². The standard InChI is InChI=1S/C37H33N3O7S2/c1-3-46-36(44)19-10-12-22(13-11-19)40-34(42)29-24-16-25(30(29)35(40)43)31-28(24)27(32-33(48-31)39-37(45)49-32)20-7-5-9-23(15-20)47-17-26(41)38-21-8-4-6-18(2)14-21/h4-15,24-25,27-31H,3,16-17H2,1-2H3,(H,38,41)(H,39,45)/t24-,25-,27-,28?,29?,30?,31?/m1/s1. The quantitative estimate of drug-likeness (QED) is 0.179. The van der Waals surface area contributed by atoms with Crippen molar-refractivity contribution < 1.29 is 28.7 Å². The fraction of sp³-hybridized carbons (Fsp3) is 0.324. The number of ether oxygens (including phenoxy) is 2. The van der Waals surface area contributed by atoms with Gasteiger partial charge in [-0.2, -0.15) is 0 Å². The lowest BCUT2D eigenvalue weighted by molar-refractivity contribution is -0.123. The molecule has 3 aromatic carbocycles. The molecule has 3 heterocycles. The van der Waals surface area contributed by atoms with Gasteiger partial charge in [0.2, 0.25) is 11.8 Å². The number of carbonyl (C=O) groups excluding carboxylic acids is 4. The molecule has 2 bridgehead atoms. The Bertz CT molecular complexity index is 2060. The van der Waals surface area contributed by atoms with Crippen molar-refractivity contribution in [3.63, 3.8) is 0 Å². The first kappa shape index (κ1) is 31.6. The molecule has 4 unspecified atom stereocenters. The van der Waals surface area contributed by atoms with E-state index in [1.807, 2.05) is 49.4 Å². The van der Waals surface area contributed by atoms with Crippen molar-refractivity contribution in [1.29, 1.82) is 0 Å². The molecule has 4 aliphatic rings. The van der Waals surface area contributed by atoms with E-state index in [0.29, 0.717) is 22.7 Å². The summed E-state index contributed by atoms with van der Waals surface area (Å²) in [5, 5.41) is 3.71. The Hall–Kier alpha value is -4.68. The minimum atomic E-state index is -0.464. The van der Waals surface area contributed by atoms with Gasteiger partial charge in [0, 0.05) is 21.7 Å². The number of imide groups is 1. The number of hydrogen-bond donors (Lipinski definition) is 2. The van der Waals surface area contributed by atoms with Crippen molar-refractivity contribution in [2.75, 3.05) is 23.4 Å². The molecule has 1 saturated heterocycles.